The fourth-order valence-electron chi connectivity index (χ4n) is 3.69. The van der Waals surface area contributed by atoms with Crippen molar-refractivity contribution in [2.45, 2.75) is 25.0 Å². The number of aromatic nitrogens is 1. The number of rotatable bonds is 5. The molecule has 1 saturated heterocycles. The average molecular weight is 409 g/mol. The van der Waals surface area contributed by atoms with E-state index in [-0.39, 0.29) is 12.4 Å². The summed E-state index contributed by atoms with van der Waals surface area (Å²) in [5.41, 5.74) is 9.36. The molecule has 0 bridgehead atoms. The van der Waals surface area contributed by atoms with Gasteiger partial charge in [0.2, 0.25) is 0 Å². The highest BCUT2D eigenvalue weighted by molar-refractivity contribution is 6.00. The zero-order chi connectivity index (χ0) is 21.3. The maximum atomic E-state index is 13.0. The molecule has 2 atom stereocenters. The molecule has 2 heterocycles. The summed E-state index contributed by atoms with van der Waals surface area (Å²) in [6.07, 6.45) is 2.39. The number of nitrogens with two attached hydrogens (primary N) is 1. The second kappa shape index (κ2) is 8.13. The van der Waals surface area contributed by atoms with E-state index in [1.807, 2.05) is 18.3 Å². The van der Waals surface area contributed by atoms with Gasteiger partial charge in [-0.25, -0.2) is 0 Å². The SMILES string of the molecule is N=C(N)c1ccc(NC(=O)[C@H](O)[C@H]2OCCN(C3=Cc4[nH]ccc4CC3)C2=O)cc1. The number of allylic oxidation sites excluding steroid dienone is 1. The van der Waals surface area contributed by atoms with Crippen molar-refractivity contribution in [2.75, 3.05) is 18.5 Å². The van der Waals surface area contributed by atoms with E-state index in [2.05, 4.69) is 10.3 Å². The third kappa shape index (κ3) is 3.85. The van der Waals surface area contributed by atoms with E-state index in [1.54, 1.807) is 29.2 Å². The molecule has 0 unspecified atom stereocenters. The van der Waals surface area contributed by atoms with Crippen molar-refractivity contribution < 1.29 is 19.4 Å². The van der Waals surface area contributed by atoms with Gasteiger partial charge in [-0.2, -0.15) is 0 Å². The van der Waals surface area contributed by atoms with Gasteiger partial charge in [-0.15, -0.1) is 0 Å². The summed E-state index contributed by atoms with van der Waals surface area (Å²) in [7, 11) is 0. The average Bonchev–Trinajstić information content (AvgIpc) is 3.21. The molecule has 1 aromatic carbocycles. The molecule has 9 heteroatoms. The number of aryl methyl sites for hydroxylation is 1. The number of carbonyl (C=O) groups excluding carboxylic acids is 2. The first-order valence-electron chi connectivity index (χ1n) is 9.67. The van der Waals surface area contributed by atoms with Gasteiger partial charge in [-0.05, 0) is 54.8 Å². The molecule has 1 aliphatic carbocycles. The number of amides is 2. The number of nitrogens with zero attached hydrogens (tertiary/aromatic N) is 1. The molecule has 30 heavy (non-hydrogen) atoms. The van der Waals surface area contributed by atoms with Crippen molar-refractivity contribution in [1.82, 2.24) is 9.88 Å². The van der Waals surface area contributed by atoms with E-state index in [9.17, 15) is 14.7 Å². The van der Waals surface area contributed by atoms with Crippen LogP contribution in [0.15, 0.2) is 42.2 Å². The van der Waals surface area contributed by atoms with Crippen molar-refractivity contribution in [1.29, 1.82) is 5.41 Å². The highest BCUT2D eigenvalue weighted by Crippen LogP contribution is 2.27. The van der Waals surface area contributed by atoms with Crippen LogP contribution in [0.4, 0.5) is 5.69 Å². The smallest absolute Gasteiger partial charge is 0.259 e. The minimum atomic E-state index is -1.65. The molecule has 6 N–H and O–H groups in total. The Morgan fingerprint density at radius 1 is 1.30 bits per heavy atom. The standard InChI is InChI=1S/C21H23N5O4/c22-19(23)13-1-4-14(5-2-13)25-20(28)17(27)18-21(29)26(9-10-30-18)15-6-3-12-7-8-24-16(12)11-15/h1-2,4-5,7-8,11,17-18,24,27H,3,6,9-10H2,(H3,22,23)(H,25,28)/t17-,18-/m1/s1. The lowest BCUT2D eigenvalue weighted by Crippen LogP contribution is -2.55. The lowest BCUT2D eigenvalue weighted by atomic mass is 9.99. The number of fused-ring (bicyclic) bond motifs is 1. The number of aliphatic hydroxyl groups is 1. The number of nitrogens with one attached hydrogen (secondary N) is 3. The number of hydrogen-bond donors (Lipinski definition) is 5. The van der Waals surface area contributed by atoms with Crippen LogP contribution in [0.2, 0.25) is 0 Å². The van der Waals surface area contributed by atoms with Gasteiger partial charge < -0.3 is 30.8 Å². The number of aromatic amines is 1. The second-order valence-corrected chi connectivity index (χ2v) is 7.26. The molecule has 4 rings (SSSR count). The Balaban J connectivity index is 1.44. The molecular weight excluding hydrogens is 386 g/mol. The van der Waals surface area contributed by atoms with Crippen LogP contribution >= 0.6 is 0 Å². The molecule has 0 spiro atoms. The third-order valence-electron chi connectivity index (χ3n) is 5.32. The summed E-state index contributed by atoms with van der Waals surface area (Å²) in [4.78, 5) is 30.2. The molecule has 0 saturated carbocycles. The maximum absolute atomic E-state index is 13.0. The Morgan fingerprint density at radius 3 is 2.80 bits per heavy atom. The minimum Gasteiger partial charge on any atom is -0.384 e. The summed E-state index contributed by atoms with van der Waals surface area (Å²) < 4.78 is 5.46. The van der Waals surface area contributed by atoms with Crippen LogP contribution < -0.4 is 11.1 Å². The summed E-state index contributed by atoms with van der Waals surface area (Å²) >= 11 is 0. The third-order valence-corrected chi connectivity index (χ3v) is 5.32. The van der Waals surface area contributed by atoms with Crippen LogP contribution in [0.25, 0.3) is 6.08 Å². The van der Waals surface area contributed by atoms with Crippen molar-refractivity contribution in [3.8, 4) is 0 Å². The first kappa shape index (κ1) is 19.9. The van der Waals surface area contributed by atoms with E-state index >= 15 is 0 Å². The molecule has 2 aliphatic rings. The fraction of sp³-hybridized carbons (Fsp3) is 0.286. The summed E-state index contributed by atoms with van der Waals surface area (Å²) in [6.45, 7) is 0.598. The Labute approximate surface area is 173 Å². The Kier molecular flexibility index (Phi) is 5.39. The van der Waals surface area contributed by atoms with Gasteiger partial charge in [-0.3, -0.25) is 15.0 Å². The lowest BCUT2D eigenvalue weighted by molar-refractivity contribution is -0.163. The minimum absolute atomic E-state index is 0.0855. The van der Waals surface area contributed by atoms with Crippen LogP contribution in [-0.2, 0) is 20.7 Å². The van der Waals surface area contributed by atoms with Gasteiger partial charge in [0.15, 0.2) is 12.2 Å². The van der Waals surface area contributed by atoms with Crippen molar-refractivity contribution >= 4 is 29.4 Å². The number of carbonyl (C=O) groups is 2. The van der Waals surface area contributed by atoms with Gasteiger partial charge in [0.1, 0.15) is 5.84 Å². The molecule has 0 radical (unpaired) electrons. The molecule has 1 aliphatic heterocycles. The number of ether oxygens (including phenoxy) is 1. The van der Waals surface area contributed by atoms with Gasteiger partial charge in [0.05, 0.1) is 6.61 Å². The Hall–Kier alpha value is -3.43. The monoisotopic (exact) mass is 409 g/mol. The molecule has 1 aromatic heterocycles. The van der Waals surface area contributed by atoms with E-state index in [0.717, 1.165) is 17.8 Å². The van der Waals surface area contributed by atoms with Crippen LogP contribution in [-0.4, -0.2) is 58.0 Å². The Bertz CT molecular complexity index is 1010. The van der Waals surface area contributed by atoms with Crippen molar-refractivity contribution in [2.24, 2.45) is 5.73 Å². The largest absolute Gasteiger partial charge is 0.384 e. The first-order chi connectivity index (χ1) is 14.4. The molecule has 1 fully saturated rings. The number of morpholine rings is 1. The highest BCUT2D eigenvalue weighted by Gasteiger charge is 2.40. The van der Waals surface area contributed by atoms with Gasteiger partial charge in [0, 0.05) is 35.4 Å². The fourth-order valence-corrected chi connectivity index (χ4v) is 3.69. The van der Waals surface area contributed by atoms with Crippen molar-refractivity contribution in [3.63, 3.8) is 0 Å². The topological polar surface area (TPSA) is 145 Å². The van der Waals surface area contributed by atoms with E-state index < -0.39 is 24.0 Å². The number of anilines is 1. The van der Waals surface area contributed by atoms with Gasteiger partial charge >= 0.3 is 0 Å². The quantitative estimate of drug-likeness (QED) is 0.367. The predicted octanol–water partition coefficient (Wildman–Crippen LogP) is 0.813. The number of nitrogen functional groups attached to an aromatic ring is 1. The second-order valence-electron chi connectivity index (χ2n) is 7.26. The van der Waals surface area contributed by atoms with Crippen LogP contribution in [0.3, 0.4) is 0 Å². The highest BCUT2D eigenvalue weighted by atomic mass is 16.5. The lowest BCUT2D eigenvalue weighted by Gasteiger charge is -2.36. The van der Waals surface area contributed by atoms with E-state index in [4.69, 9.17) is 15.9 Å². The number of benzene rings is 1. The number of amidine groups is 1. The zero-order valence-electron chi connectivity index (χ0n) is 16.2. The predicted molar refractivity (Wildman–Crippen MR) is 111 cm³/mol. The van der Waals surface area contributed by atoms with Crippen LogP contribution in [0, 0.1) is 5.41 Å². The number of H-pyrrole nitrogens is 1. The molecule has 9 nitrogen and oxygen atoms in total. The molecular formula is C21H23N5O4. The molecule has 2 amide bonds. The van der Waals surface area contributed by atoms with Crippen LogP contribution in [0.5, 0.6) is 0 Å². The van der Waals surface area contributed by atoms with E-state index in [0.29, 0.717) is 24.2 Å². The van der Waals surface area contributed by atoms with Crippen molar-refractivity contribution in [3.05, 3.63) is 59.0 Å². The van der Waals surface area contributed by atoms with Gasteiger partial charge in [0.25, 0.3) is 11.8 Å². The molecule has 2 aromatic rings. The Morgan fingerprint density at radius 2 is 2.07 bits per heavy atom. The van der Waals surface area contributed by atoms with Gasteiger partial charge in [-0.1, -0.05) is 0 Å². The number of aliphatic hydroxyl groups excluding tert-OH is 1. The molecule has 156 valence electrons. The van der Waals surface area contributed by atoms with E-state index in [1.165, 1.54) is 5.56 Å². The summed E-state index contributed by atoms with van der Waals surface area (Å²) in [5, 5.41) is 20.4. The van der Waals surface area contributed by atoms with Crippen LogP contribution in [0.1, 0.15) is 23.2 Å². The normalized spacial score (nSPS) is 19.6. The summed E-state index contributed by atoms with van der Waals surface area (Å²) in [5.74, 6) is -1.26. The first-order valence-corrected chi connectivity index (χ1v) is 9.67. The zero-order valence-corrected chi connectivity index (χ0v) is 16.2. The number of hydrogen-bond acceptors (Lipinski definition) is 5. The summed E-state index contributed by atoms with van der Waals surface area (Å²) in [6, 6.07) is 8.32. The maximum Gasteiger partial charge on any atom is 0.259 e.